The lowest BCUT2D eigenvalue weighted by Gasteiger charge is -2.30. The van der Waals surface area contributed by atoms with Gasteiger partial charge < -0.3 is 4.90 Å². The largest absolute Gasteiger partial charge is 0.330 e. The minimum absolute atomic E-state index is 0.0715. The molecule has 1 fully saturated rings. The van der Waals surface area contributed by atoms with Crippen LogP contribution in [-0.2, 0) is 19.2 Å². The molecule has 3 amide bonds. The van der Waals surface area contributed by atoms with Crippen LogP contribution >= 0.6 is 0 Å². The molecule has 20 heavy (non-hydrogen) atoms. The molecule has 1 unspecified atom stereocenters. The quantitative estimate of drug-likeness (QED) is 0.334. The predicted molar refractivity (Wildman–Crippen MR) is 72.4 cm³/mol. The van der Waals surface area contributed by atoms with E-state index >= 15 is 0 Å². The van der Waals surface area contributed by atoms with Crippen molar-refractivity contribution in [2.75, 3.05) is 7.05 Å². The van der Waals surface area contributed by atoms with Gasteiger partial charge in [-0.15, -0.1) is 0 Å². The number of carbonyl (C=O) groups excluding carboxylic acids is 4. The lowest BCUT2D eigenvalue weighted by Crippen LogP contribution is -2.53. The number of nitrogens with zero attached hydrogens (tertiary/aromatic N) is 1. The van der Waals surface area contributed by atoms with E-state index in [1.165, 1.54) is 24.1 Å². The van der Waals surface area contributed by atoms with Gasteiger partial charge in [-0.2, -0.15) is 0 Å². The van der Waals surface area contributed by atoms with E-state index in [0.717, 1.165) is 0 Å². The summed E-state index contributed by atoms with van der Waals surface area (Å²) in [6.45, 7) is 6.94. The van der Waals surface area contributed by atoms with Crippen LogP contribution in [0.1, 0.15) is 12.8 Å². The number of hydrogen-bond acceptors (Lipinski definition) is 4. The minimum Gasteiger partial charge on any atom is -0.330 e. The first-order chi connectivity index (χ1) is 9.46. The van der Waals surface area contributed by atoms with Gasteiger partial charge in [0.1, 0.15) is 6.04 Å². The number of piperidine rings is 1. The zero-order valence-corrected chi connectivity index (χ0v) is 11.2. The van der Waals surface area contributed by atoms with Gasteiger partial charge in [0.05, 0.1) is 0 Å². The predicted octanol–water partition coefficient (Wildman–Crippen LogP) is 0.117. The highest BCUT2D eigenvalue weighted by Crippen LogP contribution is 2.16. The first-order valence-electron chi connectivity index (χ1n) is 6.01. The number of carbonyl (C=O) groups is 4. The fourth-order valence-corrected chi connectivity index (χ4v) is 1.93. The minimum atomic E-state index is -0.743. The van der Waals surface area contributed by atoms with E-state index < -0.39 is 17.9 Å². The molecule has 0 radical (unpaired) electrons. The molecule has 1 saturated heterocycles. The van der Waals surface area contributed by atoms with Gasteiger partial charge >= 0.3 is 0 Å². The second-order valence-electron chi connectivity index (χ2n) is 4.28. The van der Waals surface area contributed by atoms with Crippen molar-refractivity contribution in [3.05, 3.63) is 36.5 Å². The average molecular weight is 276 g/mol. The molecule has 0 bridgehead atoms. The van der Waals surface area contributed by atoms with E-state index in [0.29, 0.717) is 6.29 Å². The first-order valence-corrected chi connectivity index (χ1v) is 6.01. The van der Waals surface area contributed by atoms with E-state index in [9.17, 15) is 19.2 Å². The normalized spacial score (nSPS) is 19.6. The van der Waals surface area contributed by atoms with Gasteiger partial charge in [-0.25, -0.2) is 0 Å². The number of likely N-dealkylation sites (N-methyl/N-ethyl adjacent to an activating group) is 1. The Bertz CT molecular complexity index is 509. The number of imide groups is 1. The van der Waals surface area contributed by atoms with Gasteiger partial charge in [-0.1, -0.05) is 25.3 Å². The molecule has 0 aromatic carbocycles. The SMILES string of the molecule is C=C/C(C=O)=C(\C=C)C(=O)N(C)C1CCC(=O)NC1=O. The molecule has 1 rings (SSSR count). The smallest absolute Gasteiger partial charge is 0.254 e. The summed E-state index contributed by atoms with van der Waals surface area (Å²) in [5, 5.41) is 2.18. The molecule has 0 saturated carbocycles. The Labute approximate surface area is 116 Å². The Morgan fingerprint density at radius 1 is 1.35 bits per heavy atom. The number of nitrogens with one attached hydrogen (secondary N) is 1. The molecular weight excluding hydrogens is 260 g/mol. The highest BCUT2D eigenvalue weighted by atomic mass is 16.2. The standard InChI is InChI=1S/C14H16N2O4/c1-4-9(8-17)10(5-2)14(20)16(3)11-6-7-12(18)15-13(11)19/h4-5,8,11H,1-2,6-7H2,3H3,(H,15,18,19)/b10-9-. The second kappa shape index (κ2) is 6.60. The van der Waals surface area contributed by atoms with Crippen molar-refractivity contribution < 1.29 is 19.2 Å². The summed E-state index contributed by atoms with van der Waals surface area (Å²) in [5.74, 6) is -1.39. The lowest BCUT2D eigenvalue weighted by atomic mass is 10.0. The Morgan fingerprint density at radius 3 is 2.45 bits per heavy atom. The summed E-state index contributed by atoms with van der Waals surface area (Å²) < 4.78 is 0. The van der Waals surface area contributed by atoms with Crippen LogP contribution in [0.2, 0.25) is 0 Å². The molecule has 1 N–H and O–H groups in total. The van der Waals surface area contributed by atoms with E-state index in [-0.39, 0.29) is 29.9 Å². The highest BCUT2D eigenvalue weighted by Gasteiger charge is 2.33. The van der Waals surface area contributed by atoms with Crippen molar-refractivity contribution in [3.63, 3.8) is 0 Å². The molecular formula is C14H16N2O4. The molecule has 106 valence electrons. The molecule has 1 heterocycles. The molecule has 0 spiro atoms. The summed E-state index contributed by atoms with van der Waals surface area (Å²) >= 11 is 0. The maximum absolute atomic E-state index is 12.3. The van der Waals surface area contributed by atoms with Crippen molar-refractivity contribution in [1.29, 1.82) is 0 Å². The van der Waals surface area contributed by atoms with Crippen molar-refractivity contribution in [1.82, 2.24) is 10.2 Å². The molecule has 0 aromatic rings. The van der Waals surface area contributed by atoms with E-state index in [4.69, 9.17) is 0 Å². The Kier molecular flexibility index (Phi) is 5.14. The van der Waals surface area contributed by atoms with E-state index in [1.807, 2.05) is 0 Å². The van der Waals surface area contributed by atoms with Crippen LogP contribution in [0, 0.1) is 0 Å². The van der Waals surface area contributed by atoms with Gasteiger partial charge in [0, 0.05) is 24.6 Å². The molecule has 6 nitrogen and oxygen atoms in total. The van der Waals surface area contributed by atoms with Crippen LogP contribution in [0.15, 0.2) is 36.5 Å². The van der Waals surface area contributed by atoms with E-state index in [2.05, 4.69) is 18.5 Å². The molecule has 1 atom stereocenters. The van der Waals surface area contributed by atoms with Crippen molar-refractivity contribution in [3.8, 4) is 0 Å². The maximum atomic E-state index is 12.3. The summed E-state index contributed by atoms with van der Waals surface area (Å²) in [7, 11) is 1.44. The van der Waals surface area contributed by atoms with Gasteiger partial charge in [-0.05, 0) is 6.42 Å². The summed E-state index contributed by atoms with van der Waals surface area (Å²) in [6.07, 6.45) is 3.42. The lowest BCUT2D eigenvalue weighted by molar-refractivity contribution is -0.142. The van der Waals surface area contributed by atoms with Gasteiger partial charge in [0.15, 0.2) is 6.29 Å². The zero-order valence-electron chi connectivity index (χ0n) is 11.2. The van der Waals surface area contributed by atoms with Gasteiger partial charge in [0.25, 0.3) is 5.91 Å². The van der Waals surface area contributed by atoms with Gasteiger partial charge in [0.2, 0.25) is 11.8 Å². The third-order valence-electron chi connectivity index (χ3n) is 3.09. The number of hydrogen-bond donors (Lipinski definition) is 1. The monoisotopic (exact) mass is 276 g/mol. The fraction of sp³-hybridized carbons (Fsp3) is 0.286. The van der Waals surface area contributed by atoms with Crippen molar-refractivity contribution in [2.24, 2.45) is 0 Å². The number of aldehydes is 1. The highest BCUT2D eigenvalue weighted by molar-refractivity contribution is 6.06. The topological polar surface area (TPSA) is 83.6 Å². The number of amides is 3. The molecule has 1 aliphatic heterocycles. The zero-order chi connectivity index (χ0) is 15.3. The van der Waals surface area contributed by atoms with Gasteiger partial charge in [-0.3, -0.25) is 24.5 Å². The van der Waals surface area contributed by atoms with Crippen LogP contribution in [0.3, 0.4) is 0 Å². The van der Waals surface area contributed by atoms with Crippen LogP contribution in [-0.4, -0.2) is 42.0 Å². The summed E-state index contributed by atoms with van der Waals surface area (Å²) in [6, 6.07) is -0.743. The Morgan fingerprint density at radius 2 is 2.00 bits per heavy atom. The van der Waals surface area contributed by atoms with Crippen LogP contribution in [0.4, 0.5) is 0 Å². The fourth-order valence-electron chi connectivity index (χ4n) is 1.93. The molecule has 1 aliphatic rings. The van der Waals surface area contributed by atoms with Crippen molar-refractivity contribution >= 4 is 24.0 Å². The van der Waals surface area contributed by atoms with Crippen molar-refractivity contribution in [2.45, 2.75) is 18.9 Å². The second-order valence-corrected chi connectivity index (χ2v) is 4.28. The summed E-state index contributed by atoms with van der Waals surface area (Å²) in [5.41, 5.74) is 0.173. The average Bonchev–Trinajstić information content (AvgIpc) is 2.43. The van der Waals surface area contributed by atoms with Crippen LogP contribution < -0.4 is 5.32 Å². The van der Waals surface area contributed by atoms with Crippen LogP contribution in [0.5, 0.6) is 0 Å². The number of allylic oxidation sites excluding steroid dienone is 2. The van der Waals surface area contributed by atoms with Crippen LogP contribution in [0.25, 0.3) is 0 Å². The maximum Gasteiger partial charge on any atom is 0.254 e. The third kappa shape index (κ3) is 3.09. The summed E-state index contributed by atoms with van der Waals surface area (Å²) in [4.78, 5) is 47.2. The van der Waals surface area contributed by atoms with E-state index in [1.54, 1.807) is 0 Å². The molecule has 6 heteroatoms. The molecule has 0 aliphatic carbocycles. The third-order valence-corrected chi connectivity index (χ3v) is 3.09. The number of rotatable bonds is 5. The Hall–Kier alpha value is -2.50. The first kappa shape index (κ1) is 15.6. The molecule has 0 aromatic heterocycles. The Balaban J connectivity index is 3.01.